The largest absolute Gasteiger partial charge is 0.317 e. The quantitative estimate of drug-likeness (QED) is 0.391. The molecular formula is C17H29N3O3. The summed E-state index contributed by atoms with van der Waals surface area (Å²) in [6, 6.07) is -0.00955. The van der Waals surface area contributed by atoms with Gasteiger partial charge in [0.25, 0.3) is 11.8 Å². The maximum atomic E-state index is 11.7. The number of unbranched alkanes of at least 4 members (excludes halogenated alkanes) is 1. The topological polar surface area (TPSA) is 78.5 Å². The number of ketones is 1. The lowest BCUT2D eigenvalue weighted by molar-refractivity contribution is -0.136. The van der Waals surface area contributed by atoms with Crippen LogP contribution in [0.25, 0.3) is 0 Å². The van der Waals surface area contributed by atoms with Crippen LogP contribution in [0.5, 0.6) is 0 Å². The van der Waals surface area contributed by atoms with Crippen LogP contribution in [0, 0.1) is 0 Å². The molecule has 1 atom stereocenters. The van der Waals surface area contributed by atoms with E-state index in [-0.39, 0.29) is 23.6 Å². The van der Waals surface area contributed by atoms with Crippen LogP contribution < -0.4 is 10.6 Å². The Morgan fingerprint density at radius 1 is 1.09 bits per heavy atom. The maximum absolute atomic E-state index is 11.7. The summed E-state index contributed by atoms with van der Waals surface area (Å²) < 4.78 is 0. The summed E-state index contributed by atoms with van der Waals surface area (Å²) in [4.78, 5) is 35.7. The number of imide groups is 1. The van der Waals surface area contributed by atoms with Gasteiger partial charge in [0.15, 0.2) is 0 Å². The number of amides is 2. The van der Waals surface area contributed by atoms with Crippen LogP contribution in [0.1, 0.15) is 46.0 Å². The van der Waals surface area contributed by atoms with Gasteiger partial charge in [-0.05, 0) is 38.9 Å². The molecule has 0 fully saturated rings. The van der Waals surface area contributed by atoms with Crippen molar-refractivity contribution in [1.82, 2.24) is 15.5 Å². The summed E-state index contributed by atoms with van der Waals surface area (Å²) in [6.45, 7) is 6.87. The minimum atomic E-state index is -0.218. The molecule has 0 saturated heterocycles. The Morgan fingerprint density at radius 3 is 2.35 bits per heavy atom. The van der Waals surface area contributed by atoms with Crippen LogP contribution in [-0.2, 0) is 14.4 Å². The summed E-state index contributed by atoms with van der Waals surface area (Å²) in [7, 11) is 0. The van der Waals surface area contributed by atoms with Crippen molar-refractivity contribution in [3.8, 4) is 0 Å². The van der Waals surface area contributed by atoms with Gasteiger partial charge in [-0.3, -0.25) is 19.3 Å². The highest BCUT2D eigenvalue weighted by Gasteiger charge is 2.22. The molecular weight excluding hydrogens is 294 g/mol. The molecule has 1 unspecified atom stereocenters. The lowest BCUT2D eigenvalue weighted by Crippen LogP contribution is -2.36. The molecule has 130 valence electrons. The third-order valence-corrected chi connectivity index (χ3v) is 3.92. The molecule has 6 nitrogen and oxygen atoms in total. The number of carbonyl (C=O) groups is 3. The number of nitrogens with zero attached hydrogens (tertiary/aromatic N) is 1. The molecule has 0 bridgehead atoms. The van der Waals surface area contributed by atoms with Crippen molar-refractivity contribution >= 4 is 17.6 Å². The Morgan fingerprint density at radius 2 is 1.74 bits per heavy atom. The van der Waals surface area contributed by atoms with E-state index in [1.165, 1.54) is 17.1 Å². The highest BCUT2D eigenvalue weighted by molar-refractivity contribution is 6.12. The highest BCUT2D eigenvalue weighted by Crippen LogP contribution is 2.05. The number of hydrogen-bond acceptors (Lipinski definition) is 5. The first kappa shape index (κ1) is 19.5. The first-order valence-corrected chi connectivity index (χ1v) is 8.60. The Hall–Kier alpha value is -1.53. The van der Waals surface area contributed by atoms with E-state index in [1.807, 2.05) is 13.8 Å². The van der Waals surface area contributed by atoms with Crippen molar-refractivity contribution in [2.45, 2.75) is 52.0 Å². The molecule has 6 heteroatoms. The van der Waals surface area contributed by atoms with Crippen molar-refractivity contribution in [1.29, 1.82) is 0 Å². The number of rotatable bonds is 13. The molecule has 1 aliphatic heterocycles. The Labute approximate surface area is 138 Å². The predicted octanol–water partition coefficient (Wildman–Crippen LogP) is 1.02. The Kier molecular flexibility index (Phi) is 9.40. The zero-order valence-corrected chi connectivity index (χ0v) is 14.3. The van der Waals surface area contributed by atoms with E-state index in [0.717, 1.165) is 45.3 Å². The second kappa shape index (κ2) is 11.1. The fourth-order valence-corrected chi connectivity index (χ4v) is 2.61. The van der Waals surface area contributed by atoms with Crippen LogP contribution >= 0.6 is 0 Å². The molecule has 23 heavy (non-hydrogen) atoms. The zero-order valence-electron chi connectivity index (χ0n) is 14.3. The molecule has 0 radical (unpaired) electrons. The van der Waals surface area contributed by atoms with Gasteiger partial charge in [-0.25, -0.2) is 0 Å². The van der Waals surface area contributed by atoms with E-state index in [0.29, 0.717) is 13.0 Å². The van der Waals surface area contributed by atoms with Crippen molar-refractivity contribution in [3.63, 3.8) is 0 Å². The van der Waals surface area contributed by atoms with Gasteiger partial charge in [0.1, 0.15) is 5.78 Å². The molecule has 0 aromatic carbocycles. The summed E-state index contributed by atoms with van der Waals surface area (Å²) in [6.07, 6.45) is 6.87. The maximum Gasteiger partial charge on any atom is 0.253 e. The van der Waals surface area contributed by atoms with Crippen molar-refractivity contribution in [3.05, 3.63) is 12.2 Å². The van der Waals surface area contributed by atoms with Crippen LogP contribution in [0.3, 0.4) is 0 Å². The summed E-state index contributed by atoms with van der Waals surface area (Å²) in [5.74, 6) is -0.150. The van der Waals surface area contributed by atoms with Gasteiger partial charge in [0.2, 0.25) is 0 Å². The van der Waals surface area contributed by atoms with Crippen LogP contribution in [0.4, 0.5) is 0 Å². The molecule has 0 saturated carbocycles. The van der Waals surface area contributed by atoms with Gasteiger partial charge < -0.3 is 10.6 Å². The van der Waals surface area contributed by atoms with Crippen LogP contribution in [0.15, 0.2) is 12.2 Å². The van der Waals surface area contributed by atoms with Gasteiger partial charge in [0, 0.05) is 25.1 Å². The number of hydrogen-bond donors (Lipinski definition) is 2. The third-order valence-electron chi connectivity index (χ3n) is 3.92. The van der Waals surface area contributed by atoms with E-state index in [4.69, 9.17) is 0 Å². The molecule has 1 aliphatic rings. The first-order chi connectivity index (χ1) is 11.1. The van der Waals surface area contributed by atoms with Crippen molar-refractivity contribution < 1.29 is 14.4 Å². The average molecular weight is 323 g/mol. The first-order valence-electron chi connectivity index (χ1n) is 8.60. The molecule has 1 rings (SSSR count). The molecule has 2 N–H and O–H groups in total. The number of likely N-dealkylation sites (N-methyl/N-ethyl adjacent to an activating group) is 1. The smallest absolute Gasteiger partial charge is 0.253 e. The zero-order chi connectivity index (χ0) is 17.1. The number of Topliss-reactive ketones (excluding diaryl/α,β-unsaturated/α-hetero) is 1. The van der Waals surface area contributed by atoms with E-state index in [1.54, 1.807) is 0 Å². The van der Waals surface area contributed by atoms with Crippen LogP contribution in [0.2, 0.25) is 0 Å². The van der Waals surface area contributed by atoms with Gasteiger partial charge in [-0.2, -0.15) is 0 Å². The molecule has 2 amide bonds. The van der Waals surface area contributed by atoms with E-state index >= 15 is 0 Å². The fourth-order valence-electron chi connectivity index (χ4n) is 2.61. The Bertz CT molecular complexity index is 417. The lowest BCUT2D eigenvalue weighted by atomic mass is 10.0. The monoisotopic (exact) mass is 323 g/mol. The lowest BCUT2D eigenvalue weighted by Gasteiger charge is -2.16. The van der Waals surface area contributed by atoms with Crippen molar-refractivity contribution in [2.75, 3.05) is 26.2 Å². The van der Waals surface area contributed by atoms with E-state index < -0.39 is 0 Å². The second-order valence-electron chi connectivity index (χ2n) is 5.69. The Balaban J connectivity index is 2.01. The molecule has 0 aromatic heterocycles. The number of nitrogens with one attached hydrogen (secondary N) is 2. The summed E-state index contributed by atoms with van der Waals surface area (Å²) >= 11 is 0. The minimum absolute atomic E-state index is 0.00955. The SMILES string of the molecule is CCNC(CCCCNCCCN1C(=O)C=CC1=O)C(=O)CC. The third kappa shape index (κ3) is 7.05. The normalized spacial score (nSPS) is 15.5. The summed E-state index contributed by atoms with van der Waals surface area (Å²) in [5.41, 5.74) is 0. The van der Waals surface area contributed by atoms with E-state index in [9.17, 15) is 14.4 Å². The number of carbonyl (C=O) groups excluding carboxylic acids is 3. The standard InChI is InChI=1S/C17H29N3O3/c1-3-15(21)14(19-4-2)8-5-6-11-18-12-7-13-20-16(22)9-10-17(20)23/h9-10,14,18-19H,3-8,11-13H2,1-2H3. The van der Waals surface area contributed by atoms with Gasteiger partial charge in [-0.15, -0.1) is 0 Å². The summed E-state index contributed by atoms with van der Waals surface area (Å²) in [5, 5.41) is 6.55. The van der Waals surface area contributed by atoms with E-state index in [2.05, 4.69) is 10.6 Å². The molecule has 0 aromatic rings. The second-order valence-corrected chi connectivity index (χ2v) is 5.69. The molecule has 0 aliphatic carbocycles. The van der Waals surface area contributed by atoms with Gasteiger partial charge >= 0.3 is 0 Å². The van der Waals surface area contributed by atoms with Gasteiger partial charge in [0.05, 0.1) is 6.04 Å². The molecule has 0 spiro atoms. The predicted molar refractivity (Wildman–Crippen MR) is 90.0 cm³/mol. The fraction of sp³-hybridized carbons (Fsp3) is 0.706. The highest BCUT2D eigenvalue weighted by atomic mass is 16.2. The van der Waals surface area contributed by atoms with Gasteiger partial charge in [-0.1, -0.05) is 20.3 Å². The molecule has 1 heterocycles. The minimum Gasteiger partial charge on any atom is -0.317 e. The average Bonchev–Trinajstić information content (AvgIpc) is 2.87. The van der Waals surface area contributed by atoms with Crippen LogP contribution in [-0.4, -0.2) is 54.7 Å². The van der Waals surface area contributed by atoms with Crippen molar-refractivity contribution in [2.24, 2.45) is 0 Å².